The van der Waals surface area contributed by atoms with Crippen LogP contribution in [0.25, 0.3) is 0 Å². The molecule has 0 aromatic heterocycles. The van der Waals surface area contributed by atoms with Gasteiger partial charge in [0.25, 0.3) is 15.9 Å². The molecule has 2 N–H and O–H groups in total. The Morgan fingerprint density at radius 3 is 2.35 bits per heavy atom. The van der Waals surface area contributed by atoms with Gasteiger partial charge in [-0.05, 0) is 39.3 Å². The highest BCUT2D eigenvalue weighted by molar-refractivity contribution is 7.90. The first kappa shape index (κ1) is 29.7. The van der Waals surface area contributed by atoms with E-state index in [4.69, 9.17) is 14.2 Å². The van der Waals surface area contributed by atoms with Crippen LogP contribution in [-0.4, -0.2) is 87.4 Å². The van der Waals surface area contributed by atoms with Crippen LogP contribution in [0, 0.1) is 0 Å². The number of nitrogens with one attached hydrogen (secondary N) is 2. The zero-order valence-electron chi connectivity index (χ0n) is 20.9. The van der Waals surface area contributed by atoms with Gasteiger partial charge in [0.15, 0.2) is 0 Å². The number of fused-ring (bicyclic) bond motifs is 1. The molecule has 1 aliphatic heterocycles. The molecule has 0 fully saturated rings. The molecule has 0 aliphatic carbocycles. The van der Waals surface area contributed by atoms with Gasteiger partial charge < -0.3 is 24.8 Å². The SMILES string of the molecule is CCOC(=O)CC[C@@H](NC(=O)[C@H](C)NC(=O)COCCN1C(=O)c2ccccc2S1(=O)=O)C(=O)OCC. The zero-order chi connectivity index (χ0) is 27.6. The summed E-state index contributed by atoms with van der Waals surface area (Å²) in [5.74, 6) is -3.30. The molecule has 204 valence electrons. The van der Waals surface area contributed by atoms with Crippen LogP contribution in [0.1, 0.15) is 44.0 Å². The zero-order valence-corrected chi connectivity index (χ0v) is 21.7. The molecule has 13 nitrogen and oxygen atoms in total. The summed E-state index contributed by atoms with van der Waals surface area (Å²) in [6.07, 6.45) is -0.165. The summed E-state index contributed by atoms with van der Waals surface area (Å²) in [5, 5.41) is 4.83. The van der Waals surface area contributed by atoms with Gasteiger partial charge in [0, 0.05) is 6.42 Å². The van der Waals surface area contributed by atoms with E-state index in [2.05, 4.69) is 10.6 Å². The van der Waals surface area contributed by atoms with Crippen molar-refractivity contribution in [3.8, 4) is 0 Å². The Balaban J connectivity index is 1.80. The molecule has 0 spiro atoms. The van der Waals surface area contributed by atoms with Crippen molar-refractivity contribution in [2.24, 2.45) is 0 Å². The standard InChI is InChI=1S/C23H31N3O10S/c1-4-35-20(28)11-10-17(23(31)36-5-2)25-21(29)15(3)24-19(27)14-34-13-12-26-22(30)16-8-6-7-9-18(16)37(26,32)33/h6-9,15,17H,4-5,10-14H2,1-3H3,(H,24,27)(H,25,29)/t15-,17+/m0/s1. The fraction of sp³-hybridized carbons (Fsp3) is 0.522. The van der Waals surface area contributed by atoms with Crippen molar-refractivity contribution in [3.63, 3.8) is 0 Å². The lowest BCUT2D eigenvalue weighted by atomic mass is 10.1. The van der Waals surface area contributed by atoms with Crippen LogP contribution in [0.5, 0.6) is 0 Å². The molecule has 0 saturated heterocycles. The molecule has 1 aliphatic rings. The number of benzene rings is 1. The number of sulfonamides is 1. The van der Waals surface area contributed by atoms with Gasteiger partial charge in [-0.25, -0.2) is 17.5 Å². The van der Waals surface area contributed by atoms with E-state index in [1.54, 1.807) is 19.9 Å². The fourth-order valence-electron chi connectivity index (χ4n) is 3.40. The van der Waals surface area contributed by atoms with Crippen LogP contribution in [0.2, 0.25) is 0 Å². The number of amides is 3. The van der Waals surface area contributed by atoms with Crippen LogP contribution < -0.4 is 10.6 Å². The van der Waals surface area contributed by atoms with Crippen LogP contribution in [0.4, 0.5) is 0 Å². The van der Waals surface area contributed by atoms with Crippen molar-refractivity contribution in [1.82, 2.24) is 14.9 Å². The predicted molar refractivity (Wildman–Crippen MR) is 128 cm³/mol. The summed E-state index contributed by atoms with van der Waals surface area (Å²) in [5.41, 5.74) is 0.0726. The van der Waals surface area contributed by atoms with E-state index >= 15 is 0 Å². The lowest BCUT2D eigenvalue weighted by molar-refractivity contribution is -0.149. The Bertz CT molecular complexity index is 1120. The van der Waals surface area contributed by atoms with Crippen LogP contribution in [0.15, 0.2) is 29.2 Å². The molecule has 0 bridgehead atoms. The van der Waals surface area contributed by atoms with Crippen molar-refractivity contribution >= 4 is 39.7 Å². The maximum atomic E-state index is 12.5. The van der Waals surface area contributed by atoms with Gasteiger partial charge in [-0.1, -0.05) is 12.1 Å². The molecular weight excluding hydrogens is 510 g/mol. The number of nitrogens with zero attached hydrogens (tertiary/aromatic N) is 1. The average molecular weight is 542 g/mol. The summed E-state index contributed by atoms with van der Waals surface area (Å²) in [4.78, 5) is 60.7. The fourth-order valence-corrected chi connectivity index (χ4v) is 4.95. The quantitative estimate of drug-likeness (QED) is 0.236. The van der Waals surface area contributed by atoms with Gasteiger partial charge in [0.05, 0.1) is 31.9 Å². The molecular formula is C23H31N3O10S. The smallest absolute Gasteiger partial charge is 0.328 e. The molecule has 3 amide bonds. The Hall–Kier alpha value is -3.52. The van der Waals surface area contributed by atoms with Gasteiger partial charge in [-0.3, -0.25) is 19.2 Å². The van der Waals surface area contributed by atoms with Crippen molar-refractivity contribution < 1.29 is 46.6 Å². The minimum absolute atomic E-state index is 0.0464. The van der Waals surface area contributed by atoms with Gasteiger partial charge in [-0.15, -0.1) is 0 Å². The second kappa shape index (κ2) is 13.7. The van der Waals surface area contributed by atoms with Gasteiger partial charge in [0.2, 0.25) is 11.8 Å². The summed E-state index contributed by atoms with van der Waals surface area (Å²) in [6.45, 7) is 3.84. The average Bonchev–Trinajstić information content (AvgIpc) is 3.04. The van der Waals surface area contributed by atoms with E-state index in [9.17, 15) is 32.4 Å². The molecule has 1 aromatic carbocycles. The summed E-state index contributed by atoms with van der Waals surface area (Å²) < 4.78 is 40.6. The molecule has 2 rings (SSSR count). The van der Waals surface area contributed by atoms with Crippen molar-refractivity contribution in [2.75, 3.05) is 33.0 Å². The molecule has 0 unspecified atom stereocenters. The largest absolute Gasteiger partial charge is 0.466 e. The van der Waals surface area contributed by atoms with Crippen molar-refractivity contribution in [1.29, 1.82) is 0 Å². The third kappa shape index (κ3) is 7.98. The number of carbonyl (C=O) groups is 5. The third-order valence-corrected chi connectivity index (χ3v) is 7.03. The Morgan fingerprint density at radius 1 is 1.03 bits per heavy atom. The second-order valence-corrected chi connectivity index (χ2v) is 9.71. The van der Waals surface area contributed by atoms with E-state index in [1.165, 1.54) is 25.1 Å². The molecule has 14 heteroatoms. The first-order chi connectivity index (χ1) is 17.5. The number of rotatable bonds is 14. The molecule has 1 aromatic rings. The molecule has 1 heterocycles. The highest BCUT2D eigenvalue weighted by atomic mass is 32.2. The van der Waals surface area contributed by atoms with E-state index < -0.39 is 58.4 Å². The minimum atomic E-state index is -3.98. The monoisotopic (exact) mass is 541 g/mol. The van der Waals surface area contributed by atoms with E-state index in [-0.39, 0.29) is 49.7 Å². The molecule has 2 atom stereocenters. The maximum absolute atomic E-state index is 12.5. The number of hydrogen-bond acceptors (Lipinski definition) is 10. The van der Waals surface area contributed by atoms with E-state index in [0.29, 0.717) is 4.31 Å². The van der Waals surface area contributed by atoms with E-state index in [1.807, 2.05) is 0 Å². The van der Waals surface area contributed by atoms with Gasteiger partial charge in [-0.2, -0.15) is 0 Å². The van der Waals surface area contributed by atoms with E-state index in [0.717, 1.165) is 0 Å². The highest BCUT2D eigenvalue weighted by Crippen LogP contribution is 2.29. The molecule has 0 saturated carbocycles. The molecule has 0 radical (unpaired) electrons. The number of ether oxygens (including phenoxy) is 3. The molecule has 37 heavy (non-hydrogen) atoms. The second-order valence-electron chi connectivity index (χ2n) is 7.88. The normalized spacial score (nSPS) is 15.3. The summed E-state index contributed by atoms with van der Waals surface area (Å²) in [7, 11) is -3.98. The highest BCUT2D eigenvalue weighted by Gasteiger charge is 2.40. The van der Waals surface area contributed by atoms with Crippen LogP contribution >= 0.6 is 0 Å². The summed E-state index contributed by atoms with van der Waals surface area (Å²) >= 11 is 0. The lowest BCUT2D eigenvalue weighted by Gasteiger charge is -2.20. The first-order valence-electron chi connectivity index (χ1n) is 11.7. The lowest BCUT2D eigenvalue weighted by Crippen LogP contribution is -2.51. The van der Waals surface area contributed by atoms with Crippen LogP contribution in [0.3, 0.4) is 0 Å². The third-order valence-electron chi connectivity index (χ3n) is 5.18. The number of esters is 2. The van der Waals surface area contributed by atoms with Gasteiger partial charge in [0.1, 0.15) is 23.6 Å². The minimum Gasteiger partial charge on any atom is -0.466 e. The topological polar surface area (TPSA) is 174 Å². The predicted octanol–water partition coefficient (Wildman–Crippen LogP) is -0.256. The van der Waals surface area contributed by atoms with Gasteiger partial charge >= 0.3 is 11.9 Å². The maximum Gasteiger partial charge on any atom is 0.328 e. The Kier molecular flexibility index (Phi) is 11.0. The van der Waals surface area contributed by atoms with Crippen LogP contribution in [-0.2, 0) is 43.4 Å². The Morgan fingerprint density at radius 2 is 1.70 bits per heavy atom. The van der Waals surface area contributed by atoms with Crippen molar-refractivity contribution in [2.45, 2.75) is 50.6 Å². The first-order valence-corrected chi connectivity index (χ1v) is 13.1. The summed E-state index contributed by atoms with van der Waals surface area (Å²) in [6, 6.07) is 3.65. The Labute approximate surface area is 214 Å². The number of hydrogen-bond donors (Lipinski definition) is 2. The number of carbonyl (C=O) groups excluding carboxylic acids is 5. The van der Waals surface area contributed by atoms with Crippen molar-refractivity contribution in [3.05, 3.63) is 29.8 Å².